The largest absolute Gasteiger partial charge is 0.337 e. The summed E-state index contributed by atoms with van der Waals surface area (Å²) in [4.78, 5) is 32.1. The first-order chi connectivity index (χ1) is 14.5. The number of aromatic amines is 1. The molecule has 1 N–H and O–H groups in total. The van der Waals surface area contributed by atoms with Crippen molar-refractivity contribution in [1.82, 2.24) is 34.2 Å². The minimum atomic E-state index is -0.767. The number of piperidine rings is 1. The van der Waals surface area contributed by atoms with Crippen LogP contribution in [0.25, 0.3) is 11.5 Å². The molecule has 2 saturated heterocycles. The zero-order valence-corrected chi connectivity index (χ0v) is 16.8. The van der Waals surface area contributed by atoms with E-state index < -0.39 is 6.17 Å². The highest BCUT2D eigenvalue weighted by molar-refractivity contribution is 5.95. The van der Waals surface area contributed by atoms with Crippen molar-refractivity contribution in [2.75, 3.05) is 26.2 Å². The van der Waals surface area contributed by atoms with Crippen LogP contribution >= 0.6 is 0 Å². The molecule has 2 aliphatic rings. The van der Waals surface area contributed by atoms with Gasteiger partial charge in [0.2, 0.25) is 5.95 Å². The lowest BCUT2D eigenvalue weighted by atomic mass is 10.1. The second-order valence-electron chi connectivity index (χ2n) is 8.10. The number of nitrogens with zero attached hydrogens (tertiary/aromatic N) is 6. The van der Waals surface area contributed by atoms with Gasteiger partial charge in [-0.1, -0.05) is 0 Å². The SMILES string of the molecule is Cc1c(C(=O)N2CCC(N3CCC[C@H](F)C3)C2)cnn1-c1nn2cccc2c(=O)[nH]1. The fourth-order valence-corrected chi connectivity index (χ4v) is 4.54. The van der Waals surface area contributed by atoms with Crippen LogP contribution in [0.5, 0.6) is 0 Å². The molecule has 0 aromatic carbocycles. The number of rotatable bonds is 3. The molecule has 0 radical (unpaired) electrons. The van der Waals surface area contributed by atoms with Crippen LogP contribution < -0.4 is 5.56 Å². The Kier molecular flexibility index (Phi) is 4.65. The van der Waals surface area contributed by atoms with Gasteiger partial charge in [0.05, 0.1) is 17.5 Å². The smallest absolute Gasteiger partial charge is 0.276 e. The average Bonchev–Trinajstić information content (AvgIpc) is 3.47. The average molecular weight is 413 g/mol. The van der Waals surface area contributed by atoms with Gasteiger partial charge in [-0.2, -0.15) is 5.10 Å². The summed E-state index contributed by atoms with van der Waals surface area (Å²) in [5, 5.41) is 8.66. The van der Waals surface area contributed by atoms with E-state index in [9.17, 15) is 14.0 Å². The molecule has 2 atom stereocenters. The van der Waals surface area contributed by atoms with Gasteiger partial charge in [-0.3, -0.25) is 19.5 Å². The highest BCUT2D eigenvalue weighted by atomic mass is 19.1. The summed E-state index contributed by atoms with van der Waals surface area (Å²) in [6.07, 6.45) is 4.79. The van der Waals surface area contributed by atoms with E-state index in [-0.39, 0.29) is 23.5 Å². The highest BCUT2D eigenvalue weighted by Crippen LogP contribution is 2.23. The number of nitrogens with one attached hydrogen (secondary N) is 1. The number of fused-ring (bicyclic) bond motifs is 1. The van der Waals surface area contributed by atoms with Gasteiger partial charge in [0.25, 0.3) is 11.5 Å². The Hall–Kier alpha value is -3.01. The Morgan fingerprint density at radius 2 is 2.13 bits per heavy atom. The first-order valence-corrected chi connectivity index (χ1v) is 10.3. The number of halogens is 1. The van der Waals surface area contributed by atoms with E-state index in [1.807, 2.05) is 4.90 Å². The first kappa shape index (κ1) is 19.0. The molecule has 3 aromatic rings. The van der Waals surface area contributed by atoms with Gasteiger partial charge < -0.3 is 4.90 Å². The minimum Gasteiger partial charge on any atom is -0.337 e. The quantitative estimate of drug-likeness (QED) is 0.696. The molecule has 1 amide bonds. The Labute approximate surface area is 172 Å². The van der Waals surface area contributed by atoms with Gasteiger partial charge in [-0.25, -0.2) is 13.6 Å². The lowest BCUT2D eigenvalue weighted by molar-refractivity contribution is 0.0743. The Balaban J connectivity index is 1.36. The standard InChI is InChI=1S/C20H24FN7O2/c1-13-16(10-22-28(13)20-23-18(29)17-5-3-8-27(17)24-20)19(30)26-9-6-15(12-26)25-7-2-4-14(21)11-25/h3,5,8,10,14-15H,2,4,6-7,9,11-12H2,1H3,(H,23,24,29)/t14-,15?/m0/s1. The van der Waals surface area contributed by atoms with E-state index >= 15 is 0 Å². The van der Waals surface area contributed by atoms with Crippen molar-refractivity contribution in [3.8, 4) is 5.95 Å². The molecular weight excluding hydrogens is 389 g/mol. The van der Waals surface area contributed by atoms with Gasteiger partial charge in [0.15, 0.2) is 0 Å². The second-order valence-corrected chi connectivity index (χ2v) is 8.10. The summed E-state index contributed by atoms with van der Waals surface area (Å²) >= 11 is 0. The van der Waals surface area contributed by atoms with E-state index in [0.717, 1.165) is 19.4 Å². The number of aromatic nitrogens is 5. The van der Waals surface area contributed by atoms with Crippen molar-refractivity contribution in [3.63, 3.8) is 0 Å². The molecule has 3 aromatic heterocycles. The van der Waals surface area contributed by atoms with Crippen LogP contribution in [0, 0.1) is 6.92 Å². The van der Waals surface area contributed by atoms with E-state index in [4.69, 9.17) is 0 Å². The Morgan fingerprint density at radius 1 is 1.27 bits per heavy atom. The third kappa shape index (κ3) is 3.20. The Bertz CT molecular complexity index is 1150. The molecule has 1 unspecified atom stereocenters. The van der Waals surface area contributed by atoms with Crippen LogP contribution in [-0.2, 0) is 0 Å². The molecule has 10 heteroatoms. The molecule has 0 saturated carbocycles. The predicted octanol–water partition coefficient (Wildman–Crippen LogP) is 1.17. The molecule has 158 valence electrons. The lowest BCUT2D eigenvalue weighted by Gasteiger charge is -2.33. The molecule has 30 heavy (non-hydrogen) atoms. The molecular formula is C20H24FN7O2. The van der Waals surface area contributed by atoms with Crippen molar-refractivity contribution in [3.05, 3.63) is 46.1 Å². The molecule has 0 aliphatic carbocycles. The summed E-state index contributed by atoms with van der Waals surface area (Å²) < 4.78 is 16.7. The number of carbonyl (C=O) groups is 1. The van der Waals surface area contributed by atoms with Gasteiger partial charge in [-0.15, -0.1) is 5.10 Å². The number of hydrogen-bond acceptors (Lipinski definition) is 5. The van der Waals surface area contributed by atoms with Crippen LogP contribution in [-0.4, -0.2) is 78.5 Å². The molecule has 2 aliphatic heterocycles. The molecule has 2 fully saturated rings. The third-order valence-electron chi connectivity index (χ3n) is 6.19. The predicted molar refractivity (Wildman–Crippen MR) is 108 cm³/mol. The zero-order valence-electron chi connectivity index (χ0n) is 16.8. The van der Waals surface area contributed by atoms with Crippen molar-refractivity contribution >= 4 is 11.4 Å². The first-order valence-electron chi connectivity index (χ1n) is 10.3. The Morgan fingerprint density at radius 3 is 2.97 bits per heavy atom. The highest BCUT2D eigenvalue weighted by Gasteiger charge is 2.34. The summed E-state index contributed by atoms with van der Waals surface area (Å²) in [5.41, 5.74) is 1.26. The van der Waals surface area contributed by atoms with Crippen LogP contribution in [0.3, 0.4) is 0 Å². The number of carbonyl (C=O) groups excluding carboxylic acids is 1. The van der Waals surface area contributed by atoms with Gasteiger partial charge >= 0.3 is 0 Å². The van der Waals surface area contributed by atoms with Crippen LogP contribution in [0.15, 0.2) is 29.3 Å². The normalized spacial score (nSPS) is 22.8. The fraction of sp³-hybridized carbons (Fsp3) is 0.500. The van der Waals surface area contributed by atoms with E-state index in [1.54, 1.807) is 25.3 Å². The minimum absolute atomic E-state index is 0.0977. The maximum Gasteiger partial charge on any atom is 0.276 e. The van der Waals surface area contributed by atoms with Crippen LogP contribution in [0.4, 0.5) is 4.39 Å². The maximum absolute atomic E-state index is 13.8. The van der Waals surface area contributed by atoms with E-state index in [1.165, 1.54) is 15.4 Å². The lowest BCUT2D eigenvalue weighted by Crippen LogP contribution is -2.45. The third-order valence-corrected chi connectivity index (χ3v) is 6.19. The van der Waals surface area contributed by atoms with Crippen molar-refractivity contribution in [2.24, 2.45) is 0 Å². The van der Waals surface area contributed by atoms with Crippen molar-refractivity contribution in [1.29, 1.82) is 0 Å². The van der Waals surface area contributed by atoms with Crippen LogP contribution in [0.1, 0.15) is 35.3 Å². The van der Waals surface area contributed by atoms with Gasteiger partial charge in [0, 0.05) is 31.9 Å². The van der Waals surface area contributed by atoms with Gasteiger partial charge in [-0.05, 0) is 44.9 Å². The molecule has 0 bridgehead atoms. The maximum atomic E-state index is 13.8. The van der Waals surface area contributed by atoms with E-state index in [2.05, 4.69) is 20.1 Å². The number of H-pyrrole nitrogens is 1. The number of likely N-dealkylation sites (tertiary alicyclic amines) is 2. The molecule has 5 rings (SSSR count). The number of amides is 1. The fourth-order valence-electron chi connectivity index (χ4n) is 4.54. The molecule has 9 nitrogen and oxygen atoms in total. The summed E-state index contributed by atoms with van der Waals surface area (Å²) in [6, 6.07) is 3.62. The second kappa shape index (κ2) is 7.35. The summed E-state index contributed by atoms with van der Waals surface area (Å²) in [7, 11) is 0. The van der Waals surface area contributed by atoms with Gasteiger partial charge in [0.1, 0.15) is 11.7 Å². The summed E-state index contributed by atoms with van der Waals surface area (Å²) in [6.45, 7) is 4.38. The van der Waals surface area contributed by atoms with Crippen molar-refractivity contribution in [2.45, 2.75) is 38.4 Å². The summed E-state index contributed by atoms with van der Waals surface area (Å²) in [5.74, 6) is 0.154. The number of hydrogen-bond donors (Lipinski definition) is 1. The molecule has 5 heterocycles. The van der Waals surface area contributed by atoms with Crippen molar-refractivity contribution < 1.29 is 9.18 Å². The molecule has 0 spiro atoms. The topological polar surface area (TPSA) is 91.5 Å². The zero-order chi connectivity index (χ0) is 20.8. The van der Waals surface area contributed by atoms with E-state index in [0.29, 0.717) is 42.8 Å². The van der Waals surface area contributed by atoms with Crippen LogP contribution in [0.2, 0.25) is 0 Å². The number of alkyl halides is 1. The monoisotopic (exact) mass is 413 g/mol.